The molecule has 1 amide bonds. The molecule has 19 heavy (non-hydrogen) atoms. The molecule has 0 aromatic heterocycles. The Kier molecular flexibility index (Phi) is 4.87. The van der Waals surface area contributed by atoms with Crippen molar-refractivity contribution in [1.82, 2.24) is 5.32 Å². The number of nitrogens with one attached hydrogen (secondary N) is 1. The Morgan fingerprint density at radius 3 is 2.32 bits per heavy atom. The summed E-state index contributed by atoms with van der Waals surface area (Å²) in [6.07, 6.45) is -0.459. The Morgan fingerprint density at radius 2 is 1.89 bits per heavy atom. The van der Waals surface area contributed by atoms with Crippen LogP contribution in [0.4, 0.5) is 0 Å². The van der Waals surface area contributed by atoms with Crippen LogP contribution in [-0.2, 0) is 24.2 Å². The summed E-state index contributed by atoms with van der Waals surface area (Å²) in [5.41, 5.74) is 0. The summed E-state index contributed by atoms with van der Waals surface area (Å²) >= 11 is 0. The van der Waals surface area contributed by atoms with Crippen LogP contribution in [0.1, 0.15) is 19.3 Å². The number of carbonyl (C=O) groups is 3. The van der Waals surface area contributed by atoms with E-state index in [0.29, 0.717) is 6.42 Å². The van der Waals surface area contributed by atoms with E-state index in [4.69, 9.17) is 10.2 Å². The lowest BCUT2D eigenvalue weighted by molar-refractivity contribution is -0.147. The summed E-state index contributed by atoms with van der Waals surface area (Å²) in [5.74, 6) is -3.80. The molecule has 1 aliphatic rings. The first kappa shape index (κ1) is 15.4. The van der Waals surface area contributed by atoms with Gasteiger partial charge in [-0.2, -0.15) is 0 Å². The Hall–Kier alpha value is -1.64. The van der Waals surface area contributed by atoms with Crippen LogP contribution in [-0.4, -0.2) is 54.0 Å². The number of hydrogen-bond acceptors (Lipinski definition) is 5. The molecule has 0 spiro atoms. The van der Waals surface area contributed by atoms with Gasteiger partial charge in [-0.3, -0.25) is 9.59 Å². The lowest BCUT2D eigenvalue weighted by Gasteiger charge is -2.14. The summed E-state index contributed by atoms with van der Waals surface area (Å²) in [7, 11) is -3.10. The molecule has 1 rings (SSSR count). The van der Waals surface area contributed by atoms with Crippen LogP contribution >= 0.6 is 0 Å². The van der Waals surface area contributed by atoms with Gasteiger partial charge >= 0.3 is 11.9 Å². The number of rotatable bonds is 6. The molecule has 0 bridgehead atoms. The van der Waals surface area contributed by atoms with Crippen molar-refractivity contribution in [2.24, 2.45) is 5.92 Å². The fourth-order valence-corrected chi connectivity index (χ4v) is 3.79. The van der Waals surface area contributed by atoms with E-state index in [1.165, 1.54) is 0 Å². The van der Waals surface area contributed by atoms with E-state index in [0.717, 1.165) is 0 Å². The van der Waals surface area contributed by atoms with Crippen LogP contribution in [0.25, 0.3) is 0 Å². The molecule has 0 aromatic rings. The molecule has 0 aromatic carbocycles. The van der Waals surface area contributed by atoms with Crippen molar-refractivity contribution in [3.8, 4) is 0 Å². The van der Waals surface area contributed by atoms with Crippen molar-refractivity contribution in [3.63, 3.8) is 0 Å². The number of amides is 1. The smallest absolute Gasteiger partial charge is 0.326 e. The zero-order chi connectivity index (χ0) is 14.6. The number of aliphatic carboxylic acids is 2. The third kappa shape index (κ3) is 5.25. The molecule has 0 saturated carbocycles. The highest BCUT2D eigenvalue weighted by Crippen LogP contribution is 2.21. The third-order valence-electron chi connectivity index (χ3n) is 2.81. The number of carboxylic acid groups (broad SMARTS) is 2. The minimum absolute atomic E-state index is 0.0302. The lowest BCUT2D eigenvalue weighted by atomic mass is 10.0. The quantitative estimate of drug-likeness (QED) is 0.562. The average Bonchev–Trinajstić information content (AvgIpc) is 2.56. The summed E-state index contributed by atoms with van der Waals surface area (Å²) in [6.45, 7) is 0. The van der Waals surface area contributed by atoms with Crippen molar-refractivity contribution in [3.05, 3.63) is 0 Å². The lowest BCUT2D eigenvalue weighted by Crippen LogP contribution is -2.42. The van der Waals surface area contributed by atoms with Crippen LogP contribution in [0.3, 0.4) is 0 Å². The molecule has 108 valence electrons. The fraction of sp³-hybridized carbons (Fsp3) is 0.700. The Balaban J connectivity index is 2.49. The van der Waals surface area contributed by atoms with Gasteiger partial charge in [0, 0.05) is 6.42 Å². The van der Waals surface area contributed by atoms with Crippen LogP contribution in [0.15, 0.2) is 0 Å². The van der Waals surface area contributed by atoms with Crippen molar-refractivity contribution in [2.45, 2.75) is 25.3 Å². The minimum Gasteiger partial charge on any atom is -0.481 e. The van der Waals surface area contributed by atoms with Crippen molar-refractivity contribution in [2.75, 3.05) is 11.5 Å². The number of hydrogen-bond donors (Lipinski definition) is 3. The maximum atomic E-state index is 11.5. The zero-order valence-corrected chi connectivity index (χ0v) is 10.9. The second-order valence-corrected chi connectivity index (χ2v) is 6.76. The normalized spacial score (nSPS) is 22.6. The molecular weight excluding hydrogens is 278 g/mol. The van der Waals surface area contributed by atoms with Gasteiger partial charge in [0.05, 0.1) is 17.9 Å². The van der Waals surface area contributed by atoms with Gasteiger partial charge in [0.1, 0.15) is 6.04 Å². The second kappa shape index (κ2) is 6.00. The highest BCUT2D eigenvalue weighted by molar-refractivity contribution is 7.91. The Morgan fingerprint density at radius 1 is 1.26 bits per heavy atom. The highest BCUT2D eigenvalue weighted by Gasteiger charge is 2.31. The zero-order valence-electron chi connectivity index (χ0n) is 10.0. The Bertz CT molecular complexity index is 484. The monoisotopic (exact) mass is 293 g/mol. The molecule has 2 atom stereocenters. The molecule has 3 N–H and O–H groups in total. The highest BCUT2D eigenvalue weighted by atomic mass is 32.2. The summed E-state index contributed by atoms with van der Waals surface area (Å²) in [4.78, 5) is 32.7. The summed E-state index contributed by atoms with van der Waals surface area (Å²) < 4.78 is 22.4. The number of carboxylic acids is 2. The summed E-state index contributed by atoms with van der Waals surface area (Å²) in [5, 5.41) is 19.3. The van der Waals surface area contributed by atoms with Gasteiger partial charge in [-0.15, -0.1) is 0 Å². The van der Waals surface area contributed by atoms with Gasteiger partial charge in [0.25, 0.3) is 0 Å². The van der Waals surface area contributed by atoms with E-state index >= 15 is 0 Å². The van der Waals surface area contributed by atoms with Crippen LogP contribution in [0.5, 0.6) is 0 Å². The van der Waals surface area contributed by atoms with Crippen LogP contribution < -0.4 is 5.32 Å². The number of sulfone groups is 1. The second-order valence-electron chi connectivity index (χ2n) is 4.53. The van der Waals surface area contributed by atoms with Crippen LogP contribution in [0, 0.1) is 5.92 Å². The Labute approximate surface area is 109 Å². The standard InChI is InChI=1S/C10H15NO7S/c12-8(3-6-1-2-19(17,18)5-6)11-7(10(15)16)4-9(13)14/h6-7H,1-5H2,(H,11,12)(H,13,14)(H,15,16). The van der Waals surface area contributed by atoms with E-state index in [1.807, 2.05) is 0 Å². The maximum absolute atomic E-state index is 11.5. The molecule has 9 heteroatoms. The van der Waals surface area contributed by atoms with E-state index < -0.39 is 40.1 Å². The topological polar surface area (TPSA) is 138 Å². The van der Waals surface area contributed by atoms with Gasteiger partial charge in [0.2, 0.25) is 5.91 Å². The molecule has 2 unspecified atom stereocenters. The molecule has 1 aliphatic heterocycles. The molecule has 1 fully saturated rings. The van der Waals surface area contributed by atoms with Crippen LogP contribution in [0.2, 0.25) is 0 Å². The first-order chi connectivity index (χ1) is 8.69. The molecule has 8 nitrogen and oxygen atoms in total. The molecular formula is C10H15NO7S. The van der Waals surface area contributed by atoms with Crippen molar-refractivity contribution >= 4 is 27.7 Å². The van der Waals surface area contributed by atoms with Gasteiger partial charge in [-0.25, -0.2) is 13.2 Å². The van der Waals surface area contributed by atoms with E-state index in [1.54, 1.807) is 0 Å². The van der Waals surface area contributed by atoms with Gasteiger partial charge in [-0.05, 0) is 12.3 Å². The molecule has 1 saturated heterocycles. The minimum atomic E-state index is -3.10. The molecule has 0 radical (unpaired) electrons. The van der Waals surface area contributed by atoms with E-state index in [9.17, 15) is 22.8 Å². The first-order valence-corrected chi connectivity index (χ1v) is 7.46. The average molecular weight is 293 g/mol. The maximum Gasteiger partial charge on any atom is 0.326 e. The molecule has 1 heterocycles. The number of carbonyl (C=O) groups excluding carboxylic acids is 1. The van der Waals surface area contributed by atoms with Gasteiger partial charge in [-0.1, -0.05) is 0 Å². The van der Waals surface area contributed by atoms with Crippen molar-refractivity contribution in [1.29, 1.82) is 0 Å². The van der Waals surface area contributed by atoms with Gasteiger partial charge in [0.15, 0.2) is 9.84 Å². The fourth-order valence-electron chi connectivity index (χ4n) is 1.92. The molecule has 0 aliphatic carbocycles. The van der Waals surface area contributed by atoms with Gasteiger partial charge < -0.3 is 15.5 Å². The summed E-state index contributed by atoms with van der Waals surface area (Å²) in [6, 6.07) is -1.50. The van der Waals surface area contributed by atoms with E-state index in [2.05, 4.69) is 5.32 Å². The SMILES string of the molecule is O=C(O)CC(NC(=O)CC1CCS(=O)(=O)C1)C(=O)O. The predicted molar refractivity (Wildman–Crippen MR) is 63.2 cm³/mol. The van der Waals surface area contributed by atoms with E-state index in [-0.39, 0.29) is 23.8 Å². The van der Waals surface area contributed by atoms with Crippen molar-refractivity contribution < 1.29 is 33.0 Å². The predicted octanol–water partition coefficient (Wildman–Crippen LogP) is -1.14. The third-order valence-corrected chi connectivity index (χ3v) is 4.65. The largest absolute Gasteiger partial charge is 0.481 e. The first-order valence-electron chi connectivity index (χ1n) is 5.64.